The summed E-state index contributed by atoms with van der Waals surface area (Å²) in [6.07, 6.45) is 0.667. The third-order valence-corrected chi connectivity index (χ3v) is 2.69. The maximum Gasteiger partial charge on any atom is 0.148 e. The van der Waals surface area contributed by atoms with Gasteiger partial charge in [0.05, 0.1) is 12.7 Å². The predicted molar refractivity (Wildman–Crippen MR) is 65.6 cm³/mol. The van der Waals surface area contributed by atoms with E-state index in [1.165, 1.54) is 0 Å². The van der Waals surface area contributed by atoms with Gasteiger partial charge in [0, 0.05) is 17.8 Å². The molecule has 0 bridgehead atoms. The lowest BCUT2D eigenvalue weighted by molar-refractivity contribution is 0.162. The molecule has 1 unspecified atom stereocenters. The van der Waals surface area contributed by atoms with Crippen LogP contribution in [0, 0.1) is 11.3 Å². The van der Waals surface area contributed by atoms with Gasteiger partial charge in [0.15, 0.2) is 0 Å². The van der Waals surface area contributed by atoms with E-state index >= 15 is 0 Å². The molecule has 3 nitrogen and oxygen atoms in total. The van der Waals surface area contributed by atoms with Crippen LogP contribution in [0.2, 0.25) is 5.02 Å². The smallest absolute Gasteiger partial charge is 0.148 e. The second kappa shape index (κ2) is 5.74. The van der Waals surface area contributed by atoms with Gasteiger partial charge in [0.2, 0.25) is 0 Å². The molecule has 0 saturated heterocycles. The van der Waals surface area contributed by atoms with Gasteiger partial charge in [-0.25, -0.2) is 0 Å². The van der Waals surface area contributed by atoms with Crippen molar-refractivity contribution in [1.29, 1.82) is 5.26 Å². The Kier molecular flexibility index (Phi) is 4.60. The highest BCUT2D eigenvalue weighted by Crippen LogP contribution is 2.20. The lowest BCUT2D eigenvalue weighted by Gasteiger charge is -2.26. The second-order valence-electron chi connectivity index (χ2n) is 3.61. The molecular weight excluding hydrogens is 224 g/mol. The number of nitrogens with zero attached hydrogens (tertiary/aromatic N) is 1. The summed E-state index contributed by atoms with van der Waals surface area (Å²) in [6.45, 7) is 2.30. The van der Waals surface area contributed by atoms with Crippen molar-refractivity contribution in [3.05, 3.63) is 29.3 Å². The Morgan fingerprint density at radius 1 is 1.44 bits per heavy atom. The van der Waals surface area contributed by atoms with Gasteiger partial charge in [-0.2, -0.15) is 5.26 Å². The highest BCUT2D eigenvalue weighted by atomic mass is 35.5. The predicted octanol–water partition coefficient (Wildman–Crippen LogP) is 3.07. The average Bonchev–Trinajstić information content (AvgIpc) is 2.31. The van der Waals surface area contributed by atoms with E-state index in [-0.39, 0.29) is 0 Å². The zero-order valence-electron chi connectivity index (χ0n) is 9.46. The molecule has 16 heavy (non-hydrogen) atoms. The summed E-state index contributed by atoms with van der Waals surface area (Å²) < 4.78 is 5.07. The zero-order chi connectivity index (χ0) is 12.0. The Morgan fingerprint density at radius 2 is 2.06 bits per heavy atom. The molecule has 4 heteroatoms. The highest BCUT2D eigenvalue weighted by molar-refractivity contribution is 6.30. The molecule has 1 aromatic carbocycles. The van der Waals surface area contributed by atoms with Crippen LogP contribution in [0.25, 0.3) is 0 Å². The fraction of sp³-hybridized carbons (Fsp3) is 0.417. The molecule has 0 aromatic heterocycles. The molecule has 86 valence electrons. The number of hydrogen-bond donors (Lipinski definition) is 1. The molecule has 0 saturated carbocycles. The second-order valence-corrected chi connectivity index (χ2v) is 4.05. The van der Waals surface area contributed by atoms with Crippen molar-refractivity contribution in [2.45, 2.75) is 18.9 Å². The van der Waals surface area contributed by atoms with Gasteiger partial charge < -0.3 is 10.1 Å². The SMILES string of the molecule is CCC(C#N)(COC)Nc1ccc(Cl)cc1. The fourth-order valence-corrected chi connectivity index (χ4v) is 1.55. The van der Waals surface area contributed by atoms with Crippen LogP contribution in [0.3, 0.4) is 0 Å². The van der Waals surface area contributed by atoms with E-state index in [2.05, 4.69) is 11.4 Å². The van der Waals surface area contributed by atoms with Crippen LogP contribution >= 0.6 is 11.6 Å². The molecule has 0 spiro atoms. The Balaban J connectivity index is 2.83. The number of nitriles is 1. The summed E-state index contributed by atoms with van der Waals surface area (Å²) in [5, 5.41) is 13.1. The number of benzene rings is 1. The zero-order valence-corrected chi connectivity index (χ0v) is 10.2. The maximum atomic E-state index is 9.20. The summed E-state index contributed by atoms with van der Waals surface area (Å²) in [5.41, 5.74) is 0.188. The van der Waals surface area contributed by atoms with Gasteiger partial charge in [0.25, 0.3) is 0 Å². The average molecular weight is 239 g/mol. The van der Waals surface area contributed by atoms with Gasteiger partial charge in [-0.3, -0.25) is 0 Å². The molecule has 0 radical (unpaired) electrons. The van der Waals surface area contributed by atoms with Crippen molar-refractivity contribution in [1.82, 2.24) is 0 Å². The summed E-state index contributed by atoms with van der Waals surface area (Å²) >= 11 is 5.79. The van der Waals surface area contributed by atoms with Crippen LogP contribution in [0.5, 0.6) is 0 Å². The van der Waals surface area contributed by atoms with Gasteiger partial charge in [-0.15, -0.1) is 0 Å². The first-order chi connectivity index (χ1) is 7.65. The standard InChI is InChI=1S/C12H15ClN2O/c1-3-12(8-14,9-16-2)15-11-6-4-10(13)5-7-11/h4-7,15H,3,9H2,1-2H3. The number of ether oxygens (including phenoxy) is 1. The summed E-state index contributed by atoms with van der Waals surface area (Å²) in [6, 6.07) is 9.53. The van der Waals surface area contributed by atoms with Crippen LogP contribution in [0.15, 0.2) is 24.3 Å². The first-order valence-electron chi connectivity index (χ1n) is 5.10. The van der Waals surface area contributed by atoms with Gasteiger partial charge in [-0.1, -0.05) is 18.5 Å². The Morgan fingerprint density at radius 3 is 2.50 bits per heavy atom. The number of halogens is 1. The normalized spacial score (nSPS) is 13.9. The third-order valence-electron chi connectivity index (χ3n) is 2.44. The third kappa shape index (κ3) is 3.13. The Hall–Kier alpha value is -1.24. The quantitative estimate of drug-likeness (QED) is 0.858. The molecule has 1 N–H and O–H groups in total. The molecular formula is C12H15ClN2O. The van der Waals surface area contributed by atoms with Crippen LogP contribution in [-0.2, 0) is 4.74 Å². The monoisotopic (exact) mass is 238 g/mol. The van der Waals surface area contributed by atoms with E-state index in [1.54, 1.807) is 19.2 Å². The van der Waals surface area contributed by atoms with Crippen molar-refractivity contribution in [3.63, 3.8) is 0 Å². The molecule has 0 aliphatic rings. The van der Waals surface area contributed by atoms with Gasteiger partial charge in [-0.05, 0) is 30.7 Å². The van der Waals surface area contributed by atoms with E-state index in [0.29, 0.717) is 18.1 Å². The minimum atomic E-state index is -0.678. The first kappa shape index (κ1) is 12.8. The minimum absolute atomic E-state index is 0.350. The fourth-order valence-electron chi connectivity index (χ4n) is 1.42. The number of anilines is 1. The minimum Gasteiger partial charge on any atom is -0.381 e. The van der Waals surface area contributed by atoms with Crippen molar-refractivity contribution < 1.29 is 4.74 Å². The van der Waals surface area contributed by atoms with Crippen molar-refractivity contribution >= 4 is 17.3 Å². The van der Waals surface area contributed by atoms with Crippen LogP contribution in [-0.4, -0.2) is 19.3 Å². The number of methoxy groups -OCH3 is 1. The summed E-state index contributed by atoms with van der Waals surface area (Å²) in [4.78, 5) is 0. The van der Waals surface area contributed by atoms with Crippen LogP contribution in [0.1, 0.15) is 13.3 Å². The summed E-state index contributed by atoms with van der Waals surface area (Å²) in [5.74, 6) is 0. The number of nitrogens with one attached hydrogen (secondary N) is 1. The molecule has 1 atom stereocenters. The molecule has 1 aromatic rings. The number of hydrogen-bond acceptors (Lipinski definition) is 3. The van der Waals surface area contributed by atoms with E-state index in [9.17, 15) is 5.26 Å². The van der Waals surface area contributed by atoms with Gasteiger partial charge in [0.1, 0.15) is 5.54 Å². The van der Waals surface area contributed by atoms with Crippen molar-refractivity contribution in [2.75, 3.05) is 19.0 Å². The van der Waals surface area contributed by atoms with E-state index in [0.717, 1.165) is 5.69 Å². The van der Waals surface area contributed by atoms with E-state index in [4.69, 9.17) is 16.3 Å². The molecule has 0 aliphatic carbocycles. The maximum absolute atomic E-state index is 9.20. The highest BCUT2D eigenvalue weighted by Gasteiger charge is 2.27. The van der Waals surface area contributed by atoms with Crippen molar-refractivity contribution in [2.24, 2.45) is 0 Å². The van der Waals surface area contributed by atoms with Gasteiger partial charge >= 0.3 is 0 Å². The molecule has 0 aliphatic heterocycles. The first-order valence-corrected chi connectivity index (χ1v) is 5.47. The lowest BCUT2D eigenvalue weighted by Crippen LogP contribution is -2.40. The molecule has 0 amide bonds. The van der Waals surface area contributed by atoms with Crippen LogP contribution < -0.4 is 5.32 Å². The Labute approximate surface area is 101 Å². The van der Waals surface area contributed by atoms with Crippen LogP contribution in [0.4, 0.5) is 5.69 Å². The van der Waals surface area contributed by atoms with E-state index < -0.39 is 5.54 Å². The topological polar surface area (TPSA) is 45.0 Å². The number of rotatable bonds is 5. The largest absolute Gasteiger partial charge is 0.381 e. The van der Waals surface area contributed by atoms with Crippen molar-refractivity contribution in [3.8, 4) is 6.07 Å². The lowest BCUT2D eigenvalue weighted by atomic mass is 9.99. The molecule has 1 rings (SSSR count). The summed E-state index contributed by atoms with van der Waals surface area (Å²) in [7, 11) is 1.59. The molecule has 0 fully saturated rings. The molecule has 0 heterocycles. The van der Waals surface area contributed by atoms with E-state index in [1.807, 2.05) is 19.1 Å². The Bertz CT molecular complexity index is 372.